The molecule has 2 aromatic heterocycles. The predicted octanol–water partition coefficient (Wildman–Crippen LogP) is 6.03. The summed E-state index contributed by atoms with van der Waals surface area (Å²) in [7, 11) is 0. The lowest BCUT2D eigenvalue weighted by molar-refractivity contribution is 0.627. The van der Waals surface area contributed by atoms with Gasteiger partial charge in [0.25, 0.3) is 0 Å². The predicted molar refractivity (Wildman–Crippen MR) is 123 cm³/mol. The first-order valence-electron chi connectivity index (χ1n) is 10.5. The molecule has 0 bridgehead atoms. The van der Waals surface area contributed by atoms with Gasteiger partial charge in [0, 0.05) is 23.9 Å². The molecule has 4 aromatic rings. The Balaban J connectivity index is 1.63. The van der Waals surface area contributed by atoms with Gasteiger partial charge in [-0.1, -0.05) is 66.6 Å². The number of nitrogens with zero attached hydrogens (tertiary/aromatic N) is 4. The van der Waals surface area contributed by atoms with Crippen molar-refractivity contribution < 1.29 is 0 Å². The number of thiazole rings is 1. The normalized spacial score (nSPS) is 14.4. The number of aryl methyl sites for hydroxylation is 2. The fourth-order valence-corrected chi connectivity index (χ4v) is 4.81. The van der Waals surface area contributed by atoms with Gasteiger partial charge in [-0.3, -0.25) is 0 Å². The molecule has 0 atom stereocenters. The molecule has 0 spiro atoms. The molecule has 150 valence electrons. The molecular weight excluding hydrogens is 388 g/mol. The van der Waals surface area contributed by atoms with Gasteiger partial charge >= 0.3 is 0 Å². The van der Waals surface area contributed by atoms with Gasteiger partial charge in [0.1, 0.15) is 10.8 Å². The Morgan fingerprint density at radius 3 is 2.77 bits per heavy atom. The maximum Gasteiger partial charge on any atom is 0.167 e. The molecule has 0 amide bonds. The molecule has 0 aliphatic carbocycles. The van der Waals surface area contributed by atoms with Gasteiger partial charge in [-0.05, 0) is 31.4 Å². The van der Waals surface area contributed by atoms with E-state index in [4.69, 9.17) is 4.98 Å². The first kappa shape index (κ1) is 18.9. The number of benzene rings is 2. The van der Waals surface area contributed by atoms with E-state index in [1.54, 1.807) is 11.3 Å². The van der Waals surface area contributed by atoms with Gasteiger partial charge in [0.2, 0.25) is 0 Å². The Hall–Kier alpha value is -3.05. The monoisotopic (exact) mass is 412 g/mol. The van der Waals surface area contributed by atoms with Crippen LogP contribution in [0.1, 0.15) is 47.0 Å². The second-order valence-electron chi connectivity index (χ2n) is 7.78. The lowest BCUT2D eigenvalue weighted by Gasteiger charge is -2.09. The summed E-state index contributed by atoms with van der Waals surface area (Å²) in [6, 6.07) is 18.9. The molecular formula is C25H24N4S. The van der Waals surface area contributed by atoms with Crippen molar-refractivity contribution in [3.8, 4) is 11.3 Å². The smallest absolute Gasteiger partial charge is 0.167 e. The van der Waals surface area contributed by atoms with E-state index in [2.05, 4.69) is 81.7 Å². The van der Waals surface area contributed by atoms with Crippen LogP contribution in [0.5, 0.6) is 0 Å². The first-order valence-corrected chi connectivity index (χ1v) is 11.4. The van der Waals surface area contributed by atoms with Crippen molar-refractivity contribution in [2.24, 2.45) is 0 Å². The summed E-state index contributed by atoms with van der Waals surface area (Å²) in [5.74, 6) is 2.03. The van der Waals surface area contributed by atoms with Crippen LogP contribution < -0.4 is 0 Å². The van der Waals surface area contributed by atoms with Crippen LogP contribution in [0.3, 0.4) is 0 Å². The van der Waals surface area contributed by atoms with Gasteiger partial charge in [-0.25, -0.2) is 4.98 Å². The lowest BCUT2D eigenvalue weighted by Crippen LogP contribution is -2.06. The summed E-state index contributed by atoms with van der Waals surface area (Å²) in [5, 5.41) is 12.3. The summed E-state index contributed by atoms with van der Waals surface area (Å²) in [5.41, 5.74) is 5.59. The zero-order chi connectivity index (χ0) is 20.3. The molecule has 1 aliphatic heterocycles. The minimum absolute atomic E-state index is 0.933. The zero-order valence-corrected chi connectivity index (χ0v) is 17.9. The number of hydrogen-bond donors (Lipinski definition) is 0. The molecule has 0 saturated carbocycles. The van der Waals surface area contributed by atoms with Crippen LogP contribution in [0.2, 0.25) is 0 Å². The molecule has 30 heavy (non-hydrogen) atoms. The molecule has 0 radical (unpaired) electrons. The van der Waals surface area contributed by atoms with Crippen molar-refractivity contribution in [1.29, 1.82) is 0 Å². The average Bonchev–Trinajstić information content (AvgIpc) is 3.35. The highest BCUT2D eigenvalue weighted by Crippen LogP contribution is 2.32. The maximum atomic E-state index is 5.00. The van der Waals surface area contributed by atoms with Crippen LogP contribution >= 0.6 is 11.3 Å². The van der Waals surface area contributed by atoms with E-state index in [1.807, 2.05) is 6.07 Å². The number of fused-ring (bicyclic) bond motifs is 1. The Kier molecular flexibility index (Phi) is 5.28. The third kappa shape index (κ3) is 3.85. The highest BCUT2D eigenvalue weighted by atomic mass is 32.1. The van der Waals surface area contributed by atoms with Gasteiger partial charge < -0.3 is 4.57 Å². The molecule has 3 heterocycles. The summed E-state index contributed by atoms with van der Waals surface area (Å²) in [6.07, 6.45) is 6.81. The van der Waals surface area contributed by atoms with Crippen LogP contribution in [-0.2, 0) is 13.0 Å². The highest BCUT2D eigenvalue weighted by Gasteiger charge is 2.21. The quantitative estimate of drug-likeness (QED) is 0.411. The van der Waals surface area contributed by atoms with Gasteiger partial charge in [0.15, 0.2) is 5.82 Å². The van der Waals surface area contributed by atoms with Gasteiger partial charge in [-0.2, -0.15) is 0 Å². The average molecular weight is 413 g/mol. The second kappa shape index (κ2) is 8.36. The van der Waals surface area contributed by atoms with Crippen molar-refractivity contribution in [3.63, 3.8) is 0 Å². The number of hydrogen-bond acceptors (Lipinski definition) is 4. The van der Waals surface area contributed by atoms with E-state index in [0.717, 1.165) is 52.0 Å². The minimum Gasteiger partial charge on any atom is -0.311 e. The standard InChI is InChI=1S/C25H24N4S/c1-18-9-8-10-19(15-18)16-21(24-28-27-23-13-6-3-7-14-29(23)24)25-26-22(17-30-25)20-11-4-2-5-12-20/h2,4-5,8-12,15-17H,3,6-7,13-14H2,1H3/b21-16-. The second-order valence-corrected chi connectivity index (χ2v) is 8.64. The van der Waals surface area contributed by atoms with Crippen molar-refractivity contribution in [3.05, 3.63) is 87.8 Å². The lowest BCUT2D eigenvalue weighted by atomic mass is 10.1. The van der Waals surface area contributed by atoms with Crippen LogP contribution in [0, 0.1) is 6.92 Å². The third-order valence-corrected chi connectivity index (χ3v) is 6.38. The number of aromatic nitrogens is 4. The molecule has 5 heteroatoms. The fourth-order valence-electron chi connectivity index (χ4n) is 3.97. The van der Waals surface area contributed by atoms with E-state index in [0.29, 0.717) is 0 Å². The Morgan fingerprint density at radius 2 is 1.90 bits per heavy atom. The van der Waals surface area contributed by atoms with Crippen molar-refractivity contribution >= 4 is 23.0 Å². The molecule has 0 fully saturated rings. The number of rotatable bonds is 4. The maximum absolute atomic E-state index is 5.00. The van der Waals surface area contributed by atoms with Crippen LogP contribution in [0.15, 0.2) is 60.0 Å². The van der Waals surface area contributed by atoms with E-state index >= 15 is 0 Å². The molecule has 0 saturated heterocycles. The van der Waals surface area contributed by atoms with E-state index in [9.17, 15) is 0 Å². The van der Waals surface area contributed by atoms with Gasteiger partial charge in [0.05, 0.1) is 11.3 Å². The van der Waals surface area contributed by atoms with Crippen molar-refractivity contribution in [1.82, 2.24) is 19.7 Å². The van der Waals surface area contributed by atoms with Crippen molar-refractivity contribution in [2.75, 3.05) is 0 Å². The first-order chi connectivity index (χ1) is 14.8. The third-order valence-electron chi connectivity index (χ3n) is 5.51. The van der Waals surface area contributed by atoms with Crippen LogP contribution in [0.25, 0.3) is 22.9 Å². The summed E-state index contributed by atoms with van der Waals surface area (Å²) in [4.78, 5) is 5.00. The van der Waals surface area contributed by atoms with Crippen LogP contribution in [0.4, 0.5) is 0 Å². The van der Waals surface area contributed by atoms with Gasteiger partial charge in [-0.15, -0.1) is 21.5 Å². The molecule has 5 rings (SSSR count). The zero-order valence-electron chi connectivity index (χ0n) is 17.1. The summed E-state index contributed by atoms with van der Waals surface area (Å²) >= 11 is 1.67. The fraction of sp³-hybridized carbons (Fsp3) is 0.240. The van der Waals surface area contributed by atoms with Crippen LogP contribution in [-0.4, -0.2) is 19.7 Å². The summed E-state index contributed by atoms with van der Waals surface area (Å²) < 4.78 is 2.30. The Bertz CT molecular complexity index is 1190. The van der Waals surface area contributed by atoms with Crippen molar-refractivity contribution in [2.45, 2.75) is 39.2 Å². The molecule has 1 aliphatic rings. The largest absolute Gasteiger partial charge is 0.311 e. The minimum atomic E-state index is 0.933. The van der Waals surface area contributed by atoms with E-state index in [-0.39, 0.29) is 0 Å². The summed E-state index contributed by atoms with van der Waals surface area (Å²) in [6.45, 7) is 3.09. The van der Waals surface area contributed by atoms with E-state index < -0.39 is 0 Å². The topological polar surface area (TPSA) is 43.6 Å². The highest BCUT2D eigenvalue weighted by molar-refractivity contribution is 7.11. The van der Waals surface area contributed by atoms with E-state index in [1.165, 1.54) is 24.8 Å². The Morgan fingerprint density at radius 1 is 1.00 bits per heavy atom. The molecule has 4 nitrogen and oxygen atoms in total. The molecule has 0 unspecified atom stereocenters. The molecule has 0 N–H and O–H groups in total. The Labute approximate surface area is 181 Å². The molecule has 2 aromatic carbocycles. The SMILES string of the molecule is Cc1cccc(/C=C(\c2nc(-c3ccccc3)cs2)c2nnc3n2CCCCC3)c1.